The molecular formula is C16H17FN2O2S. The van der Waals surface area contributed by atoms with E-state index < -0.39 is 10.0 Å². The molecule has 1 aliphatic carbocycles. The van der Waals surface area contributed by atoms with Crippen LogP contribution in [0.25, 0.3) is 0 Å². The number of halogens is 1. The van der Waals surface area contributed by atoms with Crippen LogP contribution in [0.4, 0.5) is 10.1 Å². The fraction of sp³-hybridized carbons (Fsp3) is 0.250. The van der Waals surface area contributed by atoms with Crippen LogP contribution >= 0.6 is 0 Å². The molecule has 2 aromatic rings. The zero-order valence-corrected chi connectivity index (χ0v) is 12.7. The van der Waals surface area contributed by atoms with Crippen molar-refractivity contribution < 1.29 is 12.8 Å². The van der Waals surface area contributed by atoms with Gasteiger partial charge in [0.1, 0.15) is 5.82 Å². The molecule has 4 nitrogen and oxygen atoms in total. The summed E-state index contributed by atoms with van der Waals surface area (Å²) in [4.78, 5) is 0.137. The Balaban J connectivity index is 1.57. The molecular weight excluding hydrogens is 303 g/mol. The Bertz CT molecular complexity index is 758. The Morgan fingerprint density at radius 1 is 1.09 bits per heavy atom. The van der Waals surface area contributed by atoms with E-state index in [0.29, 0.717) is 11.8 Å². The van der Waals surface area contributed by atoms with E-state index in [1.807, 2.05) is 12.1 Å². The summed E-state index contributed by atoms with van der Waals surface area (Å²) in [6.45, 7) is 0.813. The van der Waals surface area contributed by atoms with Crippen LogP contribution in [0.5, 0.6) is 0 Å². The van der Waals surface area contributed by atoms with Crippen LogP contribution in [0.1, 0.15) is 17.9 Å². The first-order valence-corrected chi connectivity index (χ1v) is 8.60. The molecule has 116 valence electrons. The number of nitrogens with one attached hydrogen (secondary N) is 1. The lowest BCUT2D eigenvalue weighted by atomic mass is 10.1. The van der Waals surface area contributed by atoms with Gasteiger partial charge in [-0.3, -0.25) is 0 Å². The third kappa shape index (κ3) is 3.45. The van der Waals surface area contributed by atoms with E-state index in [9.17, 15) is 12.8 Å². The highest BCUT2D eigenvalue weighted by molar-refractivity contribution is 7.89. The van der Waals surface area contributed by atoms with Crippen LogP contribution in [-0.2, 0) is 10.0 Å². The second-order valence-electron chi connectivity index (χ2n) is 5.60. The average molecular weight is 320 g/mol. The number of nitrogens with two attached hydrogens (primary N) is 1. The summed E-state index contributed by atoms with van der Waals surface area (Å²) in [6.07, 6.45) is 1.06. The number of hydrogen-bond acceptors (Lipinski definition) is 3. The van der Waals surface area contributed by atoms with Crippen molar-refractivity contribution in [2.24, 2.45) is 11.1 Å². The number of rotatable bonds is 5. The molecule has 1 aliphatic rings. The van der Waals surface area contributed by atoms with Gasteiger partial charge >= 0.3 is 0 Å². The smallest absolute Gasteiger partial charge is 0.238 e. The van der Waals surface area contributed by atoms with E-state index in [1.165, 1.54) is 12.1 Å². The summed E-state index contributed by atoms with van der Waals surface area (Å²) in [6, 6.07) is 13.0. The minimum absolute atomic E-state index is 0.137. The fourth-order valence-corrected chi connectivity index (χ4v) is 3.12. The van der Waals surface area contributed by atoms with Crippen molar-refractivity contribution in [3.05, 3.63) is 59.9 Å². The summed E-state index contributed by atoms with van der Waals surface area (Å²) in [7, 11) is -3.63. The summed E-state index contributed by atoms with van der Waals surface area (Å²) in [5, 5.41) is 8.37. The predicted octanol–water partition coefficient (Wildman–Crippen LogP) is 2.69. The van der Waals surface area contributed by atoms with Gasteiger partial charge in [0.2, 0.25) is 10.0 Å². The van der Waals surface area contributed by atoms with Crippen molar-refractivity contribution in [2.45, 2.75) is 17.2 Å². The quantitative estimate of drug-likeness (QED) is 0.889. The lowest BCUT2D eigenvalue weighted by Crippen LogP contribution is -2.11. The first-order chi connectivity index (χ1) is 10.4. The van der Waals surface area contributed by atoms with E-state index in [1.54, 1.807) is 24.3 Å². The van der Waals surface area contributed by atoms with Crippen molar-refractivity contribution in [3.8, 4) is 0 Å². The molecule has 0 bridgehead atoms. The van der Waals surface area contributed by atoms with Crippen LogP contribution in [0.3, 0.4) is 0 Å². The number of hydrogen-bond donors (Lipinski definition) is 2. The highest BCUT2D eigenvalue weighted by Gasteiger charge is 2.37. The van der Waals surface area contributed by atoms with Crippen molar-refractivity contribution >= 4 is 15.7 Å². The molecule has 0 aliphatic heterocycles. The molecule has 0 radical (unpaired) electrons. The van der Waals surface area contributed by atoms with Gasteiger partial charge in [-0.2, -0.15) is 0 Å². The SMILES string of the molecule is NS(=O)(=O)c1ccc(C2CC2CNc2ccc(F)cc2)cc1. The predicted molar refractivity (Wildman–Crippen MR) is 83.6 cm³/mol. The highest BCUT2D eigenvalue weighted by Crippen LogP contribution is 2.47. The van der Waals surface area contributed by atoms with Crippen molar-refractivity contribution in [1.82, 2.24) is 0 Å². The molecule has 0 aromatic heterocycles. The monoisotopic (exact) mass is 320 g/mol. The minimum atomic E-state index is -3.63. The number of sulfonamides is 1. The Morgan fingerprint density at radius 2 is 1.73 bits per heavy atom. The van der Waals surface area contributed by atoms with Gasteiger partial charge in [0, 0.05) is 12.2 Å². The van der Waals surface area contributed by atoms with Gasteiger partial charge in [0.15, 0.2) is 0 Å². The number of benzene rings is 2. The molecule has 0 amide bonds. The fourth-order valence-electron chi connectivity index (χ4n) is 2.60. The third-order valence-electron chi connectivity index (χ3n) is 3.97. The molecule has 2 aromatic carbocycles. The van der Waals surface area contributed by atoms with E-state index in [0.717, 1.165) is 24.2 Å². The normalized spacial score (nSPS) is 20.6. The van der Waals surface area contributed by atoms with Crippen LogP contribution in [-0.4, -0.2) is 15.0 Å². The molecule has 3 rings (SSSR count). The molecule has 0 heterocycles. The molecule has 0 spiro atoms. The Morgan fingerprint density at radius 3 is 2.32 bits per heavy atom. The molecule has 1 fully saturated rings. The molecule has 3 N–H and O–H groups in total. The maximum atomic E-state index is 12.8. The van der Waals surface area contributed by atoms with Crippen molar-refractivity contribution in [2.75, 3.05) is 11.9 Å². The summed E-state index contributed by atoms with van der Waals surface area (Å²) >= 11 is 0. The first-order valence-electron chi connectivity index (χ1n) is 7.06. The van der Waals surface area contributed by atoms with Crippen LogP contribution in [0, 0.1) is 11.7 Å². The molecule has 2 atom stereocenters. The standard InChI is InChI=1S/C16H17FN2O2S/c17-13-3-5-14(6-4-13)19-10-12-9-16(12)11-1-7-15(8-2-11)22(18,20)21/h1-8,12,16,19H,9-10H2,(H2,18,20,21). The van der Waals surface area contributed by atoms with E-state index in [2.05, 4.69) is 5.32 Å². The van der Waals surface area contributed by atoms with Crippen LogP contribution < -0.4 is 10.5 Å². The van der Waals surface area contributed by atoms with Crippen LogP contribution in [0.15, 0.2) is 53.4 Å². The summed E-state index contributed by atoms with van der Waals surface area (Å²) in [5.41, 5.74) is 2.02. The topological polar surface area (TPSA) is 72.2 Å². The maximum Gasteiger partial charge on any atom is 0.238 e. The number of primary sulfonamides is 1. The van der Waals surface area contributed by atoms with Crippen LogP contribution in [0.2, 0.25) is 0 Å². The molecule has 0 saturated heterocycles. The van der Waals surface area contributed by atoms with Gasteiger partial charge in [-0.15, -0.1) is 0 Å². The summed E-state index contributed by atoms with van der Waals surface area (Å²) < 4.78 is 35.3. The first kappa shape index (κ1) is 15.0. The average Bonchev–Trinajstić information content (AvgIpc) is 3.26. The maximum absolute atomic E-state index is 12.8. The Labute approximate surface area is 129 Å². The zero-order valence-electron chi connectivity index (χ0n) is 11.9. The molecule has 2 unspecified atom stereocenters. The Kier molecular flexibility index (Phi) is 3.88. The second-order valence-corrected chi connectivity index (χ2v) is 7.17. The van der Waals surface area contributed by atoms with Gasteiger partial charge < -0.3 is 5.32 Å². The van der Waals surface area contributed by atoms with E-state index >= 15 is 0 Å². The second kappa shape index (κ2) is 5.70. The summed E-state index contributed by atoms with van der Waals surface area (Å²) in [5.74, 6) is 0.692. The van der Waals surface area contributed by atoms with Crippen molar-refractivity contribution in [3.63, 3.8) is 0 Å². The van der Waals surface area contributed by atoms with Gasteiger partial charge in [-0.25, -0.2) is 17.9 Å². The lowest BCUT2D eigenvalue weighted by molar-refractivity contribution is 0.597. The van der Waals surface area contributed by atoms with Crippen molar-refractivity contribution in [1.29, 1.82) is 0 Å². The van der Waals surface area contributed by atoms with E-state index in [4.69, 9.17) is 5.14 Å². The molecule has 22 heavy (non-hydrogen) atoms. The van der Waals surface area contributed by atoms with E-state index in [-0.39, 0.29) is 10.7 Å². The Hall–Kier alpha value is -1.92. The molecule has 6 heteroatoms. The van der Waals surface area contributed by atoms with Gasteiger partial charge in [-0.1, -0.05) is 12.1 Å². The highest BCUT2D eigenvalue weighted by atomic mass is 32.2. The minimum Gasteiger partial charge on any atom is -0.385 e. The lowest BCUT2D eigenvalue weighted by Gasteiger charge is -2.06. The van der Waals surface area contributed by atoms with Gasteiger partial charge in [0.25, 0.3) is 0 Å². The zero-order chi connectivity index (χ0) is 15.7. The molecule has 1 saturated carbocycles. The third-order valence-corrected chi connectivity index (χ3v) is 4.90. The number of anilines is 1. The van der Waals surface area contributed by atoms with Gasteiger partial charge in [-0.05, 0) is 60.2 Å². The largest absolute Gasteiger partial charge is 0.385 e. The van der Waals surface area contributed by atoms with Gasteiger partial charge in [0.05, 0.1) is 4.90 Å².